The van der Waals surface area contributed by atoms with Crippen molar-refractivity contribution in [3.8, 4) is 0 Å². The van der Waals surface area contributed by atoms with E-state index in [0.29, 0.717) is 5.11 Å². The molecule has 3 nitrogen and oxygen atoms in total. The summed E-state index contributed by atoms with van der Waals surface area (Å²) >= 11 is 5.40. The number of rotatable bonds is 1. The number of thiocarbonyl (C=S) groups is 1. The van der Waals surface area contributed by atoms with Crippen LogP contribution in [0, 0.1) is 5.92 Å². The maximum Gasteiger partial charge on any atom is 0.229 e. The first-order valence-corrected chi connectivity index (χ1v) is 7.37. The van der Waals surface area contributed by atoms with Crippen molar-refractivity contribution in [2.45, 2.75) is 32.1 Å². The van der Waals surface area contributed by atoms with Gasteiger partial charge in [-0.05, 0) is 43.1 Å². The number of anilines is 1. The molecule has 100 valence electrons. The summed E-state index contributed by atoms with van der Waals surface area (Å²) in [5.41, 5.74) is 2.44. The third-order valence-corrected chi connectivity index (χ3v) is 4.41. The molecule has 2 aliphatic rings. The highest BCUT2D eigenvalue weighted by atomic mass is 32.1. The Balaban J connectivity index is 1.67. The first kappa shape index (κ1) is 12.6. The molecule has 3 rings (SSSR count). The first-order chi connectivity index (χ1) is 9.25. The lowest BCUT2D eigenvalue weighted by atomic mass is 10.1. The molecule has 0 radical (unpaired) electrons. The van der Waals surface area contributed by atoms with Gasteiger partial charge >= 0.3 is 0 Å². The largest absolute Gasteiger partial charge is 0.318 e. The Hall–Kier alpha value is -1.42. The molecule has 0 aromatic heterocycles. The number of amides is 1. The molecule has 1 N–H and O–H groups in total. The molecule has 0 saturated heterocycles. The number of carbonyl (C=O) groups is 1. The van der Waals surface area contributed by atoms with Gasteiger partial charge in [0.2, 0.25) is 5.91 Å². The lowest BCUT2D eigenvalue weighted by molar-refractivity contribution is -0.123. The third-order valence-electron chi connectivity index (χ3n) is 4.09. The van der Waals surface area contributed by atoms with E-state index < -0.39 is 0 Å². The lowest BCUT2D eigenvalue weighted by Crippen LogP contribution is -2.44. The van der Waals surface area contributed by atoms with E-state index in [-0.39, 0.29) is 11.8 Å². The molecule has 0 atom stereocenters. The zero-order valence-corrected chi connectivity index (χ0v) is 11.7. The maximum atomic E-state index is 12.1. The Morgan fingerprint density at radius 2 is 2.00 bits per heavy atom. The second-order valence-electron chi connectivity index (χ2n) is 5.31. The second kappa shape index (κ2) is 5.29. The standard InChI is InChI=1S/C15H18N2OS/c18-14(12-6-1-2-7-12)16-15(19)17-10-9-11-5-3-4-8-13(11)17/h3-5,8,12H,1-2,6-7,9-10H2,(H,16,18,19). The van der Waals surface area contributed by atoms with Gasteiger partial charge in [0.25, 0.3) is 0 Å². The molecular weight excluding hydrogens is 256 g/mol. The molecule has 1 aliphatic heterocycles. The van der Waals surface area contributed by atoms with Crippen molar-refractivity contribution in [3.05, 3.63) is 29.8 Å². The van der Waals surface area contributed by atoms with Gasteiger partial charge in [-0.3, -0.25) is 4.79 Å². The van der Waals surface area contributed by atoms with Crippen LogP contribution in [0.4, 0.5) is 5.69 Å². The summed E-state index contributed by atoms with van der Waals surface area (Å²) in [6, 6.07) is 8.24. The van der Waals surface area contributed by atoms with Crippen molar-refractivity contribution in [3.63, 3.8) is 0 Å². The first-order valence-electron chi connectivity index (χ1n) is 6.96. The van der Waals surface area contributed by atoms with Crippen molar-refractivity contribution in [1.82, 2.24) is 5.32 Å². The zero-order valence-electron chi connectivity index (χ0n) is 10.9. The lowest BCUT2D eigenvalue weighted by Gasteiger charge is -2.21. The molecule has 1 heterocycles. The molecule has 0 unspecified atom stereocenters. The highest BCUT2D eigenvalue weighted by Crippen LogP contribution is 2.28. The van der Waals surface area contributed by atoms with Gasteiger partial charge in [0.15, 0.2) is 5.11 Å². The van der Waals surface area contributed by atoms with Gasteiger partial charge in [-0.1, -0.05) is 31.0 Å². The van der Waals surface area contributed by atoms with E-state index in [1.807, 2.05) is 17.0 Å². The molecule has 1 amide bonds. The molecule has 0 bridgehead atoms. The van der Waals surface area contributed by atoms with Gasteiger partial charge in [0, 0.05) is 18.2 Å². The van der Waals surface area contributed by atoms with Gasteiger partial charge < -0.3 is 10.2 Å². The predicted octanol–water partition coefficient (Wildman–Crippen LogP) is 2.64. The predicted molar refractivity (Wildman–Crippen MR) is 80.2 cm³/mol. The van der Waals surface area contributed by atoms with E-state index in [2.05, 4.69) is 17.4 Å². The number of carbonyl (C=O) groups excluding carboxylic acids is 1. The topological polar surface area (TPSA) is 32.3 Å². The smallest absolute Gasteiger partial charge is 0.229 e. The summed E-state index contributed by atoms with van der Waals surface area (Å²) in [7, 11) is 0. The van der Waals surface area contributed by atoms with Gasteiger partial charge in [0.05, 0.1) is 0 Å². The van der Waals surface area contributed by atoms with Gasteiger partial charge in [-0.25, -0.2) is 0 Å². The quantitative estimate of drug-likeness (QED) is 0.799. The molecule has 4 heteroatoms. The fourth-order valence-corrected chi connectivity index (χ4v) is 3.30. The minimum absolute atomic E-state index is 0.104. The Morgan fingerprint density at radius 1 is 1.26 bits per heavy atom. The van der Waals surface area contributed by atoms with Gasteiger partial charge in [-0.2, -0.15) is 0 Å². The number of para-hydroxylation sites is 1. The van der Waals surface area contributed by atoms with Crippen LogP contribution in [0.5, 0.6) is 0 Å². The molecule has 19 heavy (non-hydrogen) atoms. The van der Waals surface area contributed by atoms with Crippen molar-refractivity contribution in [2.75, 3.05) is 11.4 Å². The summed E-state index contributed by atoms with van der Waals surface area (Å²) in [5, 5.41) is 3.48. The summed E-state index contributed by atoms with van der Waals surface area (Å²) in [4.78, 5) is 14.1. The number of nitrogens with one attached hydrogen (secondary N) is 1. The number of fused-ring (bicyclic) bond motifs is 1. The Kier molecular flexibility index (Phi) is 3.51. The fraction of sp³-hybridized carbons (Fsp3) is 0.467. The third kappa shape index (κ3) is 2.50. The van der Waals surface area contributed by atoms with E-state index in [0.717, 1.165) is 44.3 Å². The van der Waals surface area contributed by atoms with Crippen molar-refractivity contribution < 1.29 is 4.79 Å². The van der Waals surface area contributed by atoms with Crippen LogP contribution in [-0.4, -0.2) is 17.6 Å². The molecule has 1 aliphatic carbocycles. The Bertz CT molecular complexity index is 509. The highest BCUT2D eigenvalue weighted by Gasteiger charge is 2.27. The SMILES string of the molecule is O=C(NC(=S)N1CCc2ccccc21)C1CCCC1. The number of benzene rings is 1. The summed E-state index contributed by atoms with van der Waals surface area (Å²) in [5.74, 6) is 0.266. The van der Waals surface area contributed by atoms with Crippen LogP contribution >= 0.6 is 12.2 Å². The minimum atomic E-state index is 0.104. The summed E-state index contributed by atoms with van der Waals surface area (Å²) < 4.78 is 0. The molecule has 1 aromatic rings. The van der Waals surface area contributed by atoms with E-state index in [9.17, 15) is 4.79 Å². The van der Waals surface area contributed by atoms with E-state index in [4.69, 9.17) is 12.2 Å². The van der Waals surface area contributed by atoms with Crippen molar-refractivity contribution in [1.29, 1.82) is 0 Å². The summed E-state index contributed by atoms with van der Waals surface area (Å²) in [6.07, 6.45) is 5.33. The number of nitrogens with zero attached hydrogens (tertiary/aromatic N) is 1. The van der Waals surface area contributed by atoms with Crippen molar-refractivity contribution in [2.24, 2.45) is 5.92 Å². The molecule has 1 fully saturated rings. The zero-order chi connectivity index (χ0) is 13.2. The highest BCUT2D eigenvalue weighted by molar-refractivity contribution is 7.80. The van der Waals surface area contributed by atoms with Crippen LogP contribution in [0.3, 0.4) is 0 Å². The van der Waals surface area contributed by atoms with E-state index >= 15 is 0 Å². The van der Waals surface area contributed by atoms with Gasteiger partial charge in [-0.15, -0.1) is 0 Å². The van der Waals surface area contributed by atoms with E-state index in [1.165, 1.54) is 5.56 Å². The van der Waals surface area contributed by atoms with Crippen LogP contribution < -0.4 is 10.2 Å². The van der Waals surface area contributed by atoms with Crippen molar-refractivity contribution >= 4 is 28.9 Å². The molecule has 1 saturated carbocycles. The number of hydrogen-bond acceptors (Lipinski definition) is 2. The fourth-order valence-electron chi connectivity index (χ4n) is 3.01. The van der Waals surface area contributed by atoms with Crippen LogP contribution in [0.2, 0.25) is 0 Å². The van der Waals surface area contributed by atoms with Gasteiger partial charge in [0.1, 0.15) is 0 Å². The molecule has 0 spiro atoms. The summed E-state index contributed by atoms with van der Waals surface area (Å²) in [6.45, 7) is 0.864. The minimum Gasteiger partial charge on any atom is -0.318 e. The number of hydrogen-bond donors (Lipinski definition) is 1. The maximum absolute atomic E-state index is 12.1. The normalized spacial score (nSPS) is 18.4. The van der Waals surface area contributed by atoms with Crippen LogP contribution in [0.25, 0.3) is 0 Å². The average molecular weight is 274 g/mol. The molecule has 1 aromatic carbocycles. The Labute approximate surface area is 119 Å². The van der Waals surface area contributed by atoms with Crippen LogP contribution in [-0.2, 0) is 11.2 Å². The Morgan fingerprint density at radius 3 is 2.79 bits per heavy atom. The van der Waals surface area contributed by atoms with Crippen LogP contribution in [0.15, 0.2) is 24.3 Å². The average Bonchev–Trinajstić information content (AvgIpc) is 3.08. The van der Waals surface area contributed by atoms with E-state index in [1.54, 1.807) is 0 Å². The monoisotopic (exact) mass is 274 g/mol. The van der Waals surface area contributed by atoms with Crippen LogP contribution in [0.1, 0.15) is 31.2 Å². The second-order valence-corrected chi connectivity index (χ2v) is 5.69. The molecular formula is C15H18N2OS.